The standard InChI is InChI=1S/C16H17N5O3/c1-23-10-21-9-12(8-17-21)18-16(22)15-7-14(19-20-15)11-4-3-5-13(6-11)24-2/h3-9H,10H2,1-2H3,(H,18,22)(H,19,20). The molecule has 3 rings (SSSR count). The Labute approximate surface area is 138 Å². The van der Waals surface area contributed by atoms with Crippen LogP contribution in [-0.4, -0.2) is 40.1 Å². The summed E-state index contributed by atoms with van der Waals surface area (Å²) in [4.78, 5) is 12.3. The number of hydrogen-bond acceptors (Lipinski definition) is 5. The number of aromatic nitrogens is 4. The van der Waals surface area contributed by atoms with Crippen LogP contribution >= 0.6 is 0 Å². The number of anilines is 1. The number of aromatic amines is 1. The number of methoxy groups -OCH3 is 2. The van der Waals surface area contributed by atoms with Gasteiger partial charge < -0.3 is 14.8 Å². The van der Waals surface area contributed by atoms with Crippen LogP contribution in [0.1, 0.15) is 10.5 Å². The van der Waals surface area contributed by atoms with Crippen molar-refractivity contribution in [3.63, 3.8) is 0 Å². The van der Waals surface area contributed by atoms with Crippen LogP contribution in [0, 0.1) is 0 Å². The molecule has 8 nitrogen and oxygen atoms in total. The second kappa shape index (κ2) is 6.97. The van der Waals surface area contributed by atoms with Crippen molar-refractivity contribution < 1.29 is 14.3 Å². The minimum absolute atomic E-state index is 0.298. The highest BCUT2D eigenvalue weighted by molar-refractivity contribution is 6.03. The fraction of sp³-hybridized carbons (Fsp3) is 0.188. The van der Waals surface area contributed by atoms with Gasteiger partial charge in [-0.3, -0.25) is 9.89 Å². The number of rotatable bonds is 6. The number of nitrogens with zero attached hydrogens (tertiary/aromatic N) is 3. The van der Waals surface area contributed by atoms with Gasteiger partial charge in [0.15, 0.2) is 0 Å². The number of amides is 1. The van der Waals surface area contributed by atoms with Gasteiger partial charge in [0, 0.05) is 12.7 Å². The molecule has 0 saturated carbocycles. The molecule has 2 N–H and O–H groups in total. The minimum Gasteiger partial charge on any atom is -0.497 e. The Kier molecular flexibility index (Phi) is 4.57. The maximum atomic E-state index is 12.3. The van der Waals surface area contributed by atoms with Gasteiger partial charge in [0.05, 0.1) is 30.9 Å². The van der Waals surface area contributed by atoms with Crippen molar-refractivity contribution in [3.8, 4) is 17.0 Å². The van der Waals surface area contributed by atoms with Crippen molar-refractivity contribution in [2.45, 2.75) is 6.73 Å². The predicted molar refractivity (Wildman–Crippen MR) is 87.8 cm³/mol. The monoisotopic (exact) mass is 327 g/mol. The average molecular weight is 327 g/mol. The molecule has 0 bridgehead atoms. The lowest BCUT2D eigenvalue weighted by Crippen LogP contribution is -2.11. The Morgan fingerprint density at radius 2 is 2.21 bits per heavy atom. The first-order chi connectivity index (χ1) is 11.7. The van der Waals surface area contributed by atoms with Crippen LogP contribution in [0.15, 0.2) is 42.7 Å². The third-order valence-electron chi connectivity index (χ3n) is 3.34. The molecule has 1 aromatic carbocycles. The summed E-state index contributed by atoms with van der Waals surface area (Å²) in [5, 5.41) is 13.7. The molecule has 0 saturated heterocycles. The second-order valence-corrected chi connectivity index (χ2v) is 5.04. The highest BCUT2D eigenvalue weighted by atomic mass is 16.5. The fourth-order valence-electron chi connectivity index (χ4n) is 2.20. The number of H-pyrrole nitrogens is 1. The normalized spacial score (nSPS) is 10.6. The molecule has 0 aliphatic rings. The third-order valence-corrected chi connectivity index (χ3v) is 3.34. The van der Waals surface area contributed by atoms with Crippen LogP contribution in [-0.2, 0) is 11.5 Å². The molecule has 0 fully saturated rings. The fourth-order valence-corrected chi connectivity index (χ4v) is 2.20. The molecule has 8 heteroatoms. The van der Waals surface area contributed by atoms with E-state index in [1.54, 1.807) is 37.4 Å². The van der Waals surface area contributed by atoms with E-state index in [1.165, 1.54) is 0 Å². The summed E-state index contributed by atoms with van der Waals surface area (Å²) < 4.78 is 11.7. The maximum absolute atomic E-state index is 12.3. The van der Waals surface area contributed by atoms with E-state index < -0.39 is 0 Å². The number of benzene rings is 1. The molecule has 24 heavy (non-hydrogen) atoms. The van der Waals surface area contributed by atoms with Gasteiger partial charge in [-0.1, -0.05) is 12.1 Å². The predicted octanol–water partition coefficient (Wildman–Crippen LogP) is 2.14. The lowest BCUT2D eigenvalue weighted by molar-refractivity contribution is 0.102. The Bertz CT molecular complexity index is 840. The summed E-state index contributed by atoms with van der Waals surface area (Å²) in [5.74, 6) is 0.431. The molecule has 3 aromatic rings. The van der Waals surface area contributed by atoms with Gasteiger partial charge >= 0.3 is 0 Å². The molecule has 124 valence electrons. The molecule has 0 aliphatic heterocycles. The van der Waals surface area contributed by atoms with E-state index in [-0.39, 0.29) is 5.91 Å². The summed E-state index contributed by atoms with van der Waals surface area (Å²) in [7, 11) is 3.18. The number of carbonyl (C=O) groups excluding carboxylic acids is 1. The van der Waals surface area contributed by atoms with Gasteiger partial charge in [0.25, 0.3) is 5.91 Å². The highest BCUT2D eigenvalue weighted by Gasteiger charge is 2.12. The SMILES string of the molecule is COCn1cc(NC(=O)c2cc(-c3cccc(OC)c3)n[nH]2)cn1. The summed E-state index contributed by atoms with van der Waals surface area (Å²) in [6, 6.07) is 9.15. The summed E-state index contributed by atoms with van der Waals surface area (Å²) in [6.45, 7) is 0.319. The van der Waals surface area contributed by atoms with Crippen LogP contribution in [0.3, 0.4) is 0 Å². The van der Waals surface area contributed by atoms with E-state index in [4.69, 9.17) is 9.47 Å². The molecular weight excluding hydrogens is 310 g/mol. The number of carbonyl (C=O) groups is 1. The van der Waals surface area contributed by atoms with Crippen LogP contribution in [0.4, 0.5) is 5.69 Å². The van der Waals surface area contributed by atoms with Crippen LogP contribution < -0.4 is 10.1 Å². The summed E-state index contributed by atoms with van der Waals surface area (Å²) in [6.07, 6.45) is 3.23. The van der Waals surface area contributed by atoms with Gasteiger partial charge in [-0.25, -0.2) is 4.68 Å². The first kappa shape index (κ1) is 15.8. The van der Waals surface area contributed by atoms with E-state index >= 15 is 0 Å². The minimum atomic E-state index is -0.298. The number of hydrogen-bond donors (Lipinski definition) is 2. The van der Waals surface area contributed by atoms with Crippen molar-refractivity contribution in [1.29, 1.82) is 0 Å². The van der Waals surface area contributed by atoms with Crippen LogP contribution in [0.2, 0.25) is 0 Å². The molecule has 2 heterocycles. The van der Waals surface area contributed by atoms with Gasteiger partial charge in [-0.2, -0.15) is 10.2 Å². The Morgan fingerprint density at radius 1 is 1.33 bits per heavy atom. The third kappa shape index (κ3) is 3.44. The summed E-state index contributed by atoms with van der Waals surface area (Å²) in [5.41, 5.74) is 2.45. The highest BCUT2D eigenvalue weighted by Crippen LogP contribution is 2.22. The quantitative estimate of drug-likeness (QED) is 0.723. The van der Waals surface area contributed by atoms with Gasteiger partial charge in [-0.15, -0.1) is 0 Å². The van der Waals surface area contributed by atoms with E-state index in [1.807, 2.05) is 24.3 Å². The molecule has 0 radical (unpaired) electrons. The van der Waals surface area contributed by atoms with Crippen LogP contribution in [0.25, 0.3) is 11.3 Å². The first-order valence-corrected chi connectivity index (χ1v) is 7.22. The van der Waals surface area contributed by atoms with E-state index in [0.29, 0.717) is 23.8 Å². The molecule has 0 unspecified atom stereocenters. The molecule has 2 aromatic heterocycles. The molecule has 0 aliphatic carbocycles. The summed E-state index contributed by atoms with van der Waals surface area (Å²) >= 11 is 0. The molecular formula is C16H17N5O3. The molecule has 1 amide bonds. The zero-order chi connectivity index (χ0) is 16.9. The zero-order valence-electron chi connectivity index (χ0n) is 13.3. The first-order valence-electron chi connectivity index (χ1n) is 7.22. The van der Waals surface area contributed by atoms with Crippen LogP contribution in [0.5, 0.6) is 5.75 Å². The van der Waals surface area contributed by atoms with Crippen molar-refractivity contribution in [3.05, 3.63) is 48.4 Å². The number of ether oxygens (including phenoxy) is 2. The van der Waals surface area contributed by atoms with E-state index in [2.05, 4.69) is 20.6 Å². The molecule has 0 spiro atoms. The van der Waals surface area contributed by atoms with Crippen molar-refractivity contribution in [2.75, 3.05) is 19.5 Å². The number of nitrogens with one attached hydrogen (secondary N) is 2. The van der Waals surface area contributed by atoms with Gasteiger partial charge in [0.2, 0.25) is 0 Å². The van der Waals surface area contributed by atoms with E-state index in [9.17, 15) is 4.79 Å². The van der Waals surface area contributed by atoms with Gasteiger partial charge in [-0.05, 0) is 18.2 Å². The Morgan fingerprint density at radius 3 is 3.00 bits per heavy atom. The topological polar surface area (TPSA) is 94.1 Å². The van der Waals surface area contributed by atoms with E-state index in [0.717, 1.165) is 11.3 Å². The Hall–Kier alpha value is -3.13. The lowest BCUT2D eigenvalue weighted by Gasteiger charge is -2.01. The Balaban J connectivity index is 1.73. The van der Waals surface area contributed by atoms with Crippen molar-refractivity contribution in [1.82, 2.24) is 20.0 Å². The van der Waals surface area contributed by atoms with Gasteiger partial charge in [0.1, 0.15) is 18.2 Å². The van der Waals surface area contributed by atoms with Crippen molar-refractivity contribution in [2.24, 2.45) is 0 Å². The largest absolute Gasteiger partial charge is 0.497 e. The smallest absolute Gasteiger partial charge is 0.273 e. The zero-order valence-corrected chi connectivity index (χ0v) is 13.3. The maximum Gasteiger partial charge on any atom is 0.273 e. The molecule has 0 atom stereocenters. The second-order valence-electron chi connectivity index (χ2n) is 5.04. The van der Waals surface area contributed by atoms with Crippen molar-refractivity contribution >= 4 is 11.6 Å². The average Bonchev–Trinajstić information content (AvgIpc) is 3.25. The lowest BCUT2D eigenvalue weighted by atomic mass is 10.1.